The lowest BCUT2D eigenvalue weighted by atomic mass is 10.0. The summed E-state index contributed by atoms with van der Waals surface area (Å²) >= 11 is 1.70. The van der Waals surface area contributed by atoms with Crippen LogP contribution in [0.5, 0.6) is 0 Å². The first kappa shape index (κ1) is 21.8. The summed E-state index contributed by atoms with van der Waals surface area (Å²) in [4.78, 5) is 23.0. The molecule has 7 heteroatoms. The molecule has 1 N–H and O–H groups in total. The second-order valence-corrected chi connectivity index (χ2v) is 8.80. The van der Waals surface area contributed by atoms with Crippen molar-refractivity contribution in [3.05, 3.63) is 84.5 Å². The van der Waals surface area contributed by atoms with Crippen LogP contribution >= 0.6 is 11.8 Å². The van der Waals surface area contributed by atoms with Crippen molar-refractivity contribution >= 4 is 23.4 Å². The van der Waals surface area contributed by atoms with E-state index in [0.29, 0.717) is 24.1 Å². The van der Waals surface area contributed by atoms with Gasteiger partial charge in [-0.15, -0.1) is 0 Å². The van der Waals surface area contributed by atoms with E-state index >= 15 is 0 Å². The minimum Gasteiger partial charge on any atom is -0.339 e. The monoisotopic (exact) mass is 444 g/mol. The van der Waals surface area contributed by atoms with Crippen LogP contribution in [0.15, 0.2) is 87.4 Å². The molecule has 2 heterocycles. The number of amides is 1. The third-order valence-corrected chi connectivity index (χ3v) is 5.89. The zero-order valence-corrected chi connectivity index (χ0v) is 18.8. The number of aromatic nitrogens is 3. The Morgan fingerprint density at radius 3 is 2.41 bits per heavy atom. The lowest BCUT2D eigenvalue weighted by Gasteiger charge is -2.08. The van der Waals surface area contributed by atoms with Gasteiger partial charge in [-0.05, 0) is 60.0 Å². The molecule has 0 saturated carbocycles. The summed E-state index contributed by atoms with van der Waals surface area (Å²) in [5.41, 5.74) is 2.87. The van der Waals surface area contributed by atoms with Crippen molar-refractivity contribution < 1.29 is 9.32 Å². The maximum atomic E-state index is 12.3. The molecule has 0 aliphatic heterocycles. The van der Waals surface area contributed by atoms with Crippen molar-refractivity contribution in [2.24, 2.45) is 0 Å². The number of anilines is 1. The fourth-order valence-electron chi connectivity index (χ4n) is 3.08. The summed E-state index contributed by atoms with van der Waals surface area (Å²) in [6.07, 6.45) is 3.99. The molecule has 0 saturated heterocycles. The first-order chi connectivity index (χ1) is 15.6. The molecule has 0 unspecified atom stereocenters. The molecule has 4 aromatic rings. The molecule has 32 heavy (non-hydrogen) atoms. The number of pyridine rings is 1. The summed E-state index contributed by atoms with van der Waals surface area (Å²) in [6.45, 7) is 4.38. The van der Waals surface area contributed by atoms with Crippen LogP contribution in [0.2, 0.25) is 0 Å². The van der Waals surface area contributed by atoms with Crippen molar-refractivity contribution in [3.63, 3.8) is 0 Å². The molecule has 0 fully saturated rings. The number of hydrogen-bond donors (Lipinski definition) is 1. The number of hydrogen-bond acceptors (Lipinski definition) is 6. The Balaban J connectivity index is 1.27. The molecule has 0 spiro atoms. The van der Waals surface area contributed by atoms with E-state index in [1.165, 1.54) is 10.5 Å². The van der Waals surface area contributed by atoms with Gasteiger partial charge in [0.2, 0.25) is 17.6 Å². The number of carbonyl (C=O) groups excluding carboxylic acids is 1. The number of rotatable bonds is 8. The van der Waals surface area contributed by atoms with Crippen molar-refractivity contribution in [2.75, 3.05) is 5.32 Å². The lowest BCUT2D eigenvalue weighted by molar-refractivity contribution is -0.116. The van der Waals surface area contributed by atoms with Gasteiger partial charge in [0.1, 0.15) is 0 Å². The Bertz CT molecular complexity index is 1160. The highest BCUT2D eigenvalue weighted by Gasteiger charge is 2.11. The lowest BCUT2D eigenvalue weighted by Crippen LogP contribution is -2.12. The van der Waals surface area contributed by atoms with Crippen molar-refractivity contribution in [1.82, 2.24) is 15.1 Å². The van der Waals surface area contributed by atoms with E-state index in [1.54, 1.807) is 24.2 Å². The predicted octanol–water partition coefficient (Wildman–Crippen LogP) is 5.98. The molecular formula is C25H24N4O2S. The van der Waals surface area contributed by atoms with Gasteiger partial charge in [0.15, 0.2) is 0 Å². The molecule has 1 amide bonds. The van der Waals surface area contributed by atoms with Crippen LogP contribution in [0.25, 0.3) is 11.4 Å². The zero-order chi connectivity index (χ0) is 22.3. The van der Waals surface area contributed by atoms with Gasteiger partial charge in [0.05, 0.1) is 0 Å². The fraction of sp³-hybridized carbons (Fsp3) is 0.200. The first-order valence-electron chi connectivity index (χ1n) is 10.5. The van der Waals surface area contributed by atoms with E-state index in [0.717, 1.165) is 16.1 Å². The quantitative estimate of drug-likeness (QED) is 0.360. The van der Waals surface area contributed by atoms with Gasteiger partial charge in [-0.25, -0.2) is 0 Å². The maximum Gasteiger partial charge on any atom is 0.227 e. The molecule has 2 aromatic carbocycles. The van der Waals surface area contributed by atoms with Crippen LogP contribution < -0.4 is 5.32 Å². The van der Waals surface area contributed by atoms with Gasteiger partial charge >= 0.3 is 0 Å². The van der Waals surface area contributed by atoms with Gasteiger partial charge in [0.25, 0.3) is 0 Å². The van der Waals surface area contributed by atoms with E-state index in [4.69, 9.17) is 4.52 Å². The highest BCUT2D eigenvalue weighted by molar-refractivity contribution is 7.99. The van der Waals surface area contributed by atoms with E-state index < -0.39 is 0 Å². The number of nitrogens with one attached hydrogen (secondary N) is 1. The molecule has 162 valence electrons. The Kier molecular flexibility index (Phi) is 6.97. The Hall–Kier alpha value is -3.45. The van der Waals surface area contributed by atoms with Gasteiger partial charge in [-0.3, -0.25) is 9.78 Å². The largest absolute Gasteiger partial charge is 0.339 e. The summed E-state index contributed by atoms with van der Waals surface area (Å²) in [5, 5.41) is 6.86. The molecule has 0 bridgehead atoms. The van der Waals surface area contributed by atoms with Crippen molar-refractivity contribution in [2.45, 2.75) is 42.4 Å². The molecule has 6 nitrogen and oxygen atoms in total. The van der Waals surface area contributed by atoms with E-state index in [1.807, 2.05) is 36.4 Å². The summed E-state index contributed by atoms with van der Waals surface area (Å²) in [6, 6.07) is 20.1. The Morgan fingerprint density at radius 2 is 1.75 bits per heavy atom. The molecule has 0 aliphatic rings. The van der Waals surface area contributed by atoms with Crippen LogP contribution in [0.4, 0.5) is 5.69 Å². The Morgan fingerprint density at radius 1 is 1.03 bits per heavy atom. The third-order valence-electron chi connectivity index (χ3n) is 4.87. The smallest absolute Gasteiger partial charge is 0.227 e. The number of nitrogens with zero attached hydrogens (tertiary/aromatic N) is 3. The van der Waals surface area contributed by atoms with Crippen molar-refractivity contribution in [3.8, 4) is 11.4 Å². The van der Waals surface area contributed by atoms with E-state index in [2.05, 4.69) is 58.6 Å². The standard InChI is InChI=1S/C25H24N4O2S/c1-17(2)18-5-9-21(10-6-18)32-22-11-7-20(8-12-22)27-23(30)13-14-24-28-25(29-31-24)19-4-3-15-26-16-19/h3-12,15-17H,13-14H2,1-2H3,(H,27,30). The van der Waals surface area contributed by atoms with Crippen LogP contribution in [0.3, 0.4) is 0 Å². The normalized spacial score (nSPS) is 11.0. The molecule has 0 atom stereocenters. The number of benzene rings is 2. The highest BCUT2D eigenvalue weighted by Crippen LogP contribution is 2.29. The number of aryl methyl sites for hydroxylation is 1. The Labute approximate surface area is 191 Å². The topological polar surface area (TPSA) is 80.9 Å². The number of carbonyl (C=O) groups is 1. The SMILES string of the molecule is CC(C)c1ccc(Sc2ccc(NC(=O)CCc3nc(-c4cccnc4)no3)cc2)cc1. The van der Waals surface area contributed by atoms with Gasteiger partial charge in [0, 0.05) is 46.3 Å². The van der Waals surface area contributed by atoms with Gasteiger partial charge in [-0.2, -0.15) is 4.98 Å². The minimum atomic E-state index is -0.101. The van der Waals surface area contributed by atoms with Gasteiger partial charge in [-0.1, -0.05) is 42.9 Å². The molecule has 2 aromatic heterocycles. The third kappa shape index (κ3) is 5.82. The van der Waals surface area contributed by atoms with E-state index in [-0.39, 0.29) is 12.3 Å². The van der Waals surface area contributed by atoms with E-state index in [9.17, 15) is 4.79 Å². The second-order valence-electron chi connectivity index (χ2n) is 7.65. The summed E-state index contributed by atoms with van der Waals surface area (Å²) in [5.74, 6) is 1.32. The first-order valence-corrected chi connectivity index (χ1v) is 11.3. The highest BCUT2D eigenvalue weighted by atomic mass is 32.2. The van der Waals surface area contributed by atoms with Crippen molar-refractivity contribution in [1.29, 1.82) is 0 Å². The van der Waals surface area contributed by atoms with Crippen LogP contribution in [0, 0.1) is 0 Å². The summed E-state index contributed by atoms with van der Waals surface area (Å²) in [7, 11) is 0. The molecule has 0 radical (unpaired) electrons. The fourth-order valence-corrected chi connectivity index (χ4v) is 3.89. The summed E-state index contributed by atoms with van der Waals surface area (Å²) < 4.78 is 5.24. The van der Waals surface area contributed by atoms with Gasteiger partial charge < -0.3 is 9.84 Å². The van der Waals surface area contributed by atoms with Crippen LogP contribution in [-0.2, 0) is 11.2 Å². The van der Waals surface area contributed by atoms with Crippen LogP contribution in [0.1, 0.15) is 37.6 Å². The van der Waals surface area contributed by atoms with Crippen LogP contribution in [-0.4, -0.2) is 21.0 Å². The average Bonchev–Trinajstić information content (AvgIpc) is 3.29. The maximum absolute atomic E-state index is 12.3. The second kappa shape index (κ2) is 10.2. The average molecular weight is 445 g/mol. The molecule has 4 rings (SSSR count). The minimum absolute atomic E-state index is 0.101. The zero-order valence-electron chi connectivity index (χ0n) is 18.0. The predicted molar refractivity (Wildman–Crippen MR) is 126 cm³/mol. The molecular weight excluding hydrogens is 420 g/mol. The molecule has 0 aliphatic carbocycles.